The molecule has 1 atom stereocenters. The molecule has 4 heteroatoms. The third-order valence-corrected chi connectivity index (χ3v) is 3.19. The highest BCUT2D eigenvalue weighted by Crippen LogP contribution is 2.16. The number of nitriles is 1. The van der Waals surface area contributed by atoms with Gasteiger partial charge in [0, 0.05) is 12.6 Å². The Morgan fingerprint density at radius 1 is 1.24 bits per heavy atom. The van der Waals surface area contributed by atoms with Gasteiger partial charge in [-0.2, -0.15) is 5.26 Å². The summed E-state index contributed by atoms with van der Waals surface area (Å²) in [6.07, 6.45) is 0. The Balaban J connectivity index is 1.89. The van der Waals surface area contributed by atoms with E-state index >= 15 is 0 Å². The van der Waals surface area contributed by atoms with E-state index in [1.54, 1.807) is 6.07 Å². The van der Waals surface area contributed by atoms with Crippen LogP contribution in [-0.4, -0.2) is 6.61 Å². The number of ether oxygens (including phenoxy) is 1. The fraction of sp³-hybridized carbons (Fsp3) is 0.235. The second-order valence-corrected chi connectivity index (χ2v) is 4.75. The van der Waals surface area contributed by atoms with Gasteiger partial charge < -0.3 is 10.1 Å². The van der Waals surface area contributed by atoms with Crippen molar-refractivity contribution in [2.75, 3.05) is 6.61 Å². The van der Waals surface area contributed by atoms with Gasteiger partial charge in [0.1, 0.15) is 17.6 Å². The molecule has 0 aliphatic carbocycles. The maximum atomic E-state index is 13.2. The first-order chi connectivity index (χ1) is 10.2. The molecule has 3 nitrogen and oxygen atoms in total. The molecule has 1 N–H and O–H groups in total. The lowest BCUT2D eigenvalue weighted by molar-refractivity contribution is 0.368. The Morgan fingerprint density at radius 2 is 2.00 bits per heavy atom. The number of hydrogen-bond acceptors (Lipinski definition) is 3. The van der Waals surface area contributed by atoms with Crippen LogP contribution in [0.4, 0.5) is 4.39 Å². The van der Waals surface area contributed by atoms with E-state index in [1.807, 2.05) is 43.3 Å². The minimum atomic E-state index is -0.222. The average Bonchev–Trinajstić information content (AvgIpc) is 2.51. The number of rotatable bonds is 6. The van der Waals surface area contributed by atoms with Crippen molar-refractivity contribution < 1.29 is 9.13 Å². The van der Waals surface area contributed by atoms with Crippen LogP contribution in [-0.2, 0) is 6.54 Å². The first-order valence-corrected chi connectivity index (χ1v) is 6.76. The van der Waals surface area contributed by atoms with E-state index in [1.165, 1.54) is 12.1 Å². The molecule has 0 aromatic heterocycles. The van der Waals surface area contributed by atoms with Crippen molar-refractivity contribution in [2.45, 2.75) is 19.5 Å². The molecule has 0 heterocycles. The maximum Gasteiger partial charge on any atom is 0.174 e. The van der Waals surface area contributed by atoms with Gasteiger partial charge in [0.2, 0.25) is 0 Å². The second-order valence-electron chi connectivity index (χ2n) is 4.75. The zero-order valence-corrected chi connectivity index (χ0v) is 11.8. The Bertz CT molecular complexity index is 619. The molecule has 0 radical (unpaired) electrons. The number of hydrogen-bond donors (Lipinski definition) is 1. The Kier molecular flexibility index (Phi) is 5.30. The fourth-order valence-corrected chi connectivity index (χ4v) is 1.98. The van der Waals surface area contributed by atoms with Gasteiger partial charge in [0.25, 0.3) is 0 Å². The third kappa shape index (κ3) is 4.59. The van der Waals surface area contributed by atoms with Crippen molar-refractivity contribution in [2.24, 2.45) is 0 Å². The minimum Gasteiger partial charge on any atom is -0.479 e. The van der Waals surface area contributed by atoms with Gasteiger partial charge in [0.05, 0.1) is 0 Å². The molecule has 0 bridgehead atoms. The van der Waals surface area contributed by atoms with Crippen molar-refractivity contribution in [3.8, 4) is 11.8 Å². The van der Waals surface area contributed by atoms with E-state index in [9.17, 15) is 4.39 Å². The molecular weight excluding hydrogens is 267 g/mol. The highest BCUT2D eigenvalue weighted by atomic mass is 19.1. The van der Waals surface area contributed by atoms with Crippen LogP contribution in [0.1, 0.15) is 24.1 Å². The number of nitrogens with one attached hydrogen (secondary N) is 1. The van der Waals surface area contributed by atoms with E-state index in [-0.39, 0.29) is 18.5 Å². The van der Waals surface area contributed by atoms with E-state index in [4.69, 9.17) is 10.00 Å². The van der Waals surface area contributed by atoms with Crippen LogP contribution in [0.2, 0.25) is 0 Å². The number of nitrogens with zero attached hydrogens (tertiary/aromatic N) is 1. The van der Waals surface area contributed by atoms with Crippen LogP contribution < -0.4 is 10.1 Å². The molecule has 2 aromatic rings. The van der Waals surface area contributed by atoms with Crippen LogP contribution in [0.5, 0.6) is 5.75 Å². The summed E-state index contributed by atoms with van der Waals surface area (Å²) in [5.74, 6) is 0.457. The Labute approximate surface area is 124 Å². The standard InChI is InChI=1S/C17H17FN2O/c1-13(15-3-2-4-16(18)11-15)20-12-14-5-7-17(8-6-14)21-10-9-19/h2-8,11,13,20H,10,12H2,1H3. The zero-order valence-electron chi connectivity index (χ0n) is 11.8. The molecule has 2 aromatic carbocycles. The third-order valence-electron chi connectivity index (χ3n) is 3.19. The smallest absolute Gasteiger partial charge is 0.174 e. The van der Waals surface area contributed by atoms with Crippen LogP contribution in [0.25, 0.3) is 0 Å². The molecule has 1 unspecified atom stereocenters. The minimum absolute atomic E-state index is 0.0498. The lowest BCUT2D eigenvalue weighted by Gasteiger charge is -2.14. The summed E-state index contributed by atoms with van der Waals surface area (Å²) in [4.78, 5) is 0. The first-order valence-electron chi connectivity index (χ1n) is 6.76. The molecule has 2 rings (SSSR count). The summed E-state index contributed by atoms with van der Waals surface area (Å²) in [5, 5.41) is 11.8. The molecule has 0 fully saturated rings. The van der Waals surface area contributed by atoms with Crippen LogP contribution >= 0.6 is 0 Å². The maximum absolute atomic E-state index is 13.2. The van der Waals surface area contributed by atoms with Crippen molar-refractivity contribution in [1.29, 1.82) is 5.26 Å². The lowest BCUT2D eigenvalue weighted by Crippen LogP contribution is -2.18. The molecule has 21 heavy (non-hydrogen) atoms. The van der Waals surface area contributed by atoms with E-state index in [2.05, 4.69) is 5.32 Å². The number of benzene rings is 2. The second kappa shape index (κ2) is 7.41. The van der Waals surface area contributed by atoms with E-state index in [0.29, 0.717) is 12.3 Å². The summed E-state index contributed by atoms with van der Waals surface area (Å²) < 4.78 is 18.4. The lowest BCUT2D eigenvalue weighted by atomic mass is 10.1. The summed E-state index contributed by atoms with van der Waals surface area (Å²) in [5.41, 5.74) is 2.02. The quantitative estimate of drug-likeness (QED) is 0.882. The van der Waals surface area contributed by atoms with Crippen molar-refractivity contribution in [3.05, 3.63) is 65.5 Å². The van der Waals surface area contributed by atoms with E-state index < -0.39 is 0 Å². The van der Waals surface area contributed by atoms with Crippen LogP contribution in [0.3, 0.4) is 0 Å². The summed E-state index contributed by atoms with van der Waals surface area (Å²) >= 11 is 0. The molecule has 0 aliphatic rings. The van der Waals surface area contributed by atoms with Gasteiger partial charge in [-0.25, -0.2) is 4.39 Å². The van der Waals surface area contributed by atoms with E-state index in [0.717, 1.165) is 11.1 Å². The molecule has 0 spiro atoms. The molecule has 108 valence electrons. The summed E-state index contributed by atoms with van der Waals surface area (Å²) in [6, 6.07) is 16.1. The van der Waals surface area contributed by atoms with Gasteiger partial charge >= 0.3 is 0 Å². The molecule has 0 amide bonds. The normalized spacial score (nSPS) is 11.7. The van der Waals surface area contributed by atoms with Gasteiger partial charge in [-0.15, -0.1) is 0 Å². The highest BCUT2D eigenvalue weighted by Gasteiger charge is 2.05. The van der Waals surface area contributed by atoms with Gasteiger partial charge in [-0.1, -0.05) is 24.3 Å². The SMILES string of the molecule is CC(NCc1ccc(OCC#N)cc1)c1cccc(F)c1. The van der Waals surface area contributed by atoms with Crippen molar-refractivity contribution >= 4 is 0 Å². The number of halogens is 1. The van der Waals surface area contributed by atoms with Gasteiger partial charge in [-0.05, 0) is 42.3 Å². The van der Waals surface area contributed by atoms with Crippen LogP contribution in [0.15, 0.2) is 48.5 Å². The molecular formula is C17H17FN2O. The average molecular weight is 284 g/mol. The van der Waals surface area contributed by atoms with Crippen molar-refractivity contribution in [3.63, 3.8) is 0 Å². The first kappa shape index (κ1) is 15.0. The fourth-order valence-electron chi connectivity index (χ4n) is 1.98. The largest absolute Gasteiger partial charge is 0.479 e. The highest BCUT2D eigenvalue weighted by molar-refractivity contribution is 5.27. The Hall–Kier alpha value is -2.38. The van der Waals surface area contributed by atoms with Crippen LogP contribution in [0, 0.1) is 17.1 Å². The molecule has 0 saturated heterocycles. The molecule has 0 aliphatic heterocycles. The summed E-state index contributed by atoms with van der Waals surface area (Å²) in [6.45, 7) is 2.73. The van der Waals surface area contributed by atoms with Gasteiger partial charge in [0.15, 0.2) is 6.61 Å². The Morgan fingerprint density at radius 3 is 2.67 bits per heavy atom. The summed E-state index contributed by atoms with van der Waals surface area (Å²) in [7, 11) is 0. The predicted octanol–water partition coefficient (Wildman–Crippen LogP) is 3.58. The van der Waals surface area contributed by atoms with Gasteiger partial charge in [-0.3, -0.25) is 0 Å². The topological polar surface area (TPSA) is 45.0 Å². The van der Waals surface area contributed by atoms with Crippen molar-refractivity contribution in [1.82, 2.24) is 5.32 Å². The predicted molar refractivity (Wildman–Crippen MR) is 79.2 cm³/mol. The molecule has 0 saturated carbocycles. The monoisotopic (exact) mass is 284 g/mol. The zero-order chi connectivity index (χ0) is 15.1.